The third-order valence-corrected chi connectivity index (χ3v) is 5.91. The Kier molecular flexibility index (Phi) is 6.35. The van der Waals surface area contributed by atoms with Crippen LogP contribution in [0.25, 0.3) is 0 Å². The zero-order valence-corrected chi connectivity index (χ0v) is 17.4. The molecule has 1 saturated heterocycles. The van der Waals surface area contributed by atoms with Crippen LogP contribution >= 0.6 is 0 Å². The lowest BCUT2D eigenvalue weighted by Crippen LogP contribution is -2.41. The van der Waals surface area contributed by atoms with Gasteiger partial charge in [-0.05, 0) is 43.0 Å². The van der Waals surface area contributed by atoms with Gasteiger partial charge in [-0.15, -0.1) is 0 Å². The molecule has 1 heterocycles. The number of nitrogens with zero attached hydrogens (tertiary/aromatic N) is 2. The number of rotatable bonds is 7. The molecule has 1 aliphatic carbocycles. The van der Waals surface area contributed by atoms with E-state index in [1.165, 1.54) is 29.7 Å². The van der Waals surface area contributed by atoms with Crippen molar-refractivity contribution >= 4 is 11.6 Å². The predicted molar refractivity (Wildman–Crippen MR) is 120 cm³/mol. The Hall–Kier alpha value is -2.53. The lowest BCUT2D eigenvalue weighted by atomic mass is 9.96. The minimum absolute atomic E-state index is 0.275. The van der Waals surface area contributed by atoms with E-state index in [9.17, 15) is 0 Å². The Morgan fingerprint density at radius 2 is 1.72 bits per heavy atom. The Balaban J connectivity index is 1.35. The Morgan fingerprint density at radius 1 is 1.00 bits per heavy atom. The van der Waals surface area contributed by atoms with Crippen LogP contribution in [-0.2, 0) is 16.7 Å². The Morgan fingerprint density at radius 3 is 2.38 bits per heavy atom. The van der Waals surface area contributed by atoms with Gasteiger partial charge in [0.1, 0.15) is 0 Å². The first-order valence-corrected chi connectivity index (χ1v) is 10.8. The zero-order valence-electron chi connectivity index (χ0n) is 17.4. The number of aliphatic imine (C=N–C) groups is 1. The number of anilines is 1. The van der Waals surface area contributed by atoms with Crippen LogP contribution in [0.4, 0.5) is 5.69 Å². The molecule has 4 rings (SSSR count). The topological polar surface area (TPSA) is 48.9 Å². The van der Waals surface area contributed by atoms with Crippen LogP contribution in [0, 0.1) is 0 Å². The summed E-state index contributed by atoms with van der Waals surface area (Å²) in [6, 6.07) is 19.6. The first-order chi connectivity index (χ1) is 14.3. The molecule has 2 fully saturated rings. The second-order valence-corrected chi connectivity index (χ2v) is 7.96. The number of benzene rings is 2. The largest absolute Gasteiger partial charge is 0.378 e. The van der Waals surface area contributed by atoms with Gasteiger partial charge < -0.3 is 20.3 Å². The molecule has 5 heteroatoms. The van der Waals surface area contributed by atoms with Crippen molar-refractivity contribution in [3.8, 4) is 0 Å². The fourth-order valence-electron chi connectivity index (χ4n) is 3.91. The molecule has 29 heavy (non-hydrogen) atoms. The van der Waals surface area contributed by atoms with Gasteiger partial charge in [0.15, 0.2) is 5.96 Å². The molecule has 2 N–H and O–H groups in total. The van der Waals surface area contributed by atoms with Crippen molar-refractivity contribution in [3.63, 3.8) is 0 Å². The van der Waals surface area contributed by atoms with Gasteiger partial charge in [-0.3, -0.25) is 0 Å². The summed E-state index contributed by atoms with van der Waals surface area (Å²) in [4.78, 5) is 7.19. The van der Waals surface area contributed by atoms with Crippen LogP contribution in [-0.4, -0.2) is 45.4 Å². The molecule has 2 aliphatic rings. The molecule has 0 atom stereocenters. The lowest BCUT2D eigenvalue weighted by molar-refractivity contribution is 0.122. The quantitative estimate of drug-likeness (QED) is 0.561. The Bertz CT molecular complexity index is 793. The SMILES string of the molecule is CCNC(=NCc1ccc(N2CCOCC2)cc1)NCC1(c2ccccc2)CC1. The van der Waals surface area contributed by atoms with Crippen molar-refractivity contribution in [1.29, 1.82) is 0 Å². The van der Waals surface area contributed by atoms with Gasteiger partial charge in [0.25, 0.3) is 0 Å². The molecule has 0 radical (unpaired) electrons. The second kappa shape index (κ2) is 9.31. The highest BCUT2D eigenvalue weighted by molar-refractivity contribution is 5.80. The number of ether oxygens (including phenoxy) is 1. The Labute approximate surface area is 174 Å². The summed E-state index contributed by atoms with van der Waals surface area (Å²) in [7, 11) is 0. The number of hydrogen-bond acceptors (Lipinski definition) is 3. The van der Waals surface area contributed by atoms with Gasteiger partial charge in [0.05, 0.1) is 19.8 Å². The number of morpholine rings is 1. The molecule has 2 aromatic rings. The molecule has 0 amide bonds. The molecular weight excluding hydrogens is 360 g/mol. The van der Waals surface area contributed by atoms with Crippen molar-refractivity contribution in [1.82, 2.24) is 10.6 Å². The molecule has 0 unspecified atom stereocenters. The number of nitrogens with one attached hydrogen (secondary N) is 2. The second-order valence-electron chi connectivity index (χ2n) is 7.96. The van der Waals surface area contributed by atoms with Crippen LogP contribution in [0.3, 0.4) is 0 Å². The van der Waals surface area contributed by atoms with Crippen molar-refractivity contribution in [2.45, 2.75) is 31.7 Å². The summed E-state index contributed by atoms with van der Waals surface area (Å²) >= 11 is 0. The normalized spacial score (nSPS) is 18.4. The summed E-state index contributed by atoms with van der Waals surface area (Å²) < 4.78 is 5.44. The van der Waals surface area contributed by atoms with Crippen molar-refractivity contribution in [3.05, 3.63) is 65.7 Å². The van der Waals surface area contributed by atoms with Crippen LogP contribution < -0.4 is 15.5 Å². The van der Waals surface area contributed by atoms with Crippen molar-refractivity contribution < 1.29 is 4.74 Å². The highest BCUT2D eigenvalue weighted by atomic mass is 16.5. The summed E-state index contributed by atoms with van der Waals surface area (Å²) in [6.45, 7) is 8.14. The molecule has 0 spiro atoms. The maximum absolute atomic E-state index is 5.44. The molecule has 0 aromatic heterocycles. The maximum Gasteiger partial charge on any atom is 0.191 e. The average molecular weight is 393 g/mol. The van der Waals surface area contributed by atoms with Gasteiger partial charge in [-0.2, -0.15) is 0 Å². The fourth-order valence-corrected chi connectivity index (χ4v) is 3.91. The third-order valence-electron chi connectivity index (χ3n) is 5.91. The first-order valence-electron chi connectivity index (χ1n) is 10.8. The van der Waals surface area contributed by atoms with Gasteiger partial charge in [0, 0.05) is 37.3 Å². The number of guanidine groups is 1. The van der Waals surface area contributed by atoms with Crippen molar-refractivity contribution in [2.24, 2.45) is 4.99 Å². The lowest BCUT2D eigenvalue weighted by Gasteiger charge is -2.28. The molecule has 2 aromatic carbocycles. The monoisotopic (exact) mass is 392 g/mol. The van der Waals surface area contributed by atoms with Gasteiger partial charge in [-0.25, -0.2) is 4.99 Å². The highest BCUT2D eigenvalue weighted by Crippen LogP contribution is 2.47. The van der Waals surface area contributed by atoms with E-state index in [1.54, 1.807) is 0 Å². The molecule has 1 aliphatic heterocycles. The summed E-state index contributed by atoms with van der Waals surface area (Å²) in [5, 5.41) is 6.96. The standard InChI is InChI=1S/C24H32N4O/c1-2-25-23(27-19-24(12-13-24)21-6-4-3-5-7-21)26-18-20-8-10-22(11-9-20)28-14-16-29-17-15-28/h3-11H,2,12-19H2,1H3,(H2,25,26,27). The van der Waals surface area contributed by atoms with E-state index in [1.807, 2.05) is 0 Å². The van der Waals surface area contributed by atoms with E-state index in [-0.39, 0.29) is 5.41 Å². The molecular formula is C24H32N4O. The zero-order chi connectivity index (χ0) is 19.9. The highest BCUT2D eigenvalue weighted by Gasteiger charge is 2.43. The molecule has 5 nitrogen and oxygen atoms in total. The molecule has 0 bridgehead atoms. The van der Waals surface area contributed by atoms with Crippen LogP contribution in [0.15, 0.2) is 59.6 Å². The van der Waals surface area contributed by atoms with Gasteiger partial charge in [0.2, 0.25) is 0 Å². The maximum atomic E-state index is 5.44. The minimum atomic E-state index is 0.275. The summed E-state index contributed by atoms with van der Waals surface area (Å²) in [5.41, 5.74) is 4.20. The number of hydrogen-bond donors (Lipinski definition) is 2. The average Bonchev–Trinajstić information content (AvgIpc) is 3.58. The first kappa shape index (κ1) is 19.8. The van der Waals surface area contributed by atoms with Crippen molar-refractivity contribution in [2.75, 3.05) is 44.3 Å². The smallest absolute Gasteiger partial charge is 0.191 e. The molecule has 1 saturated carbocycles. The van der Waals surface area contributed by atoms with E-state index in [0.717, 1.165) is 45.4 Å². The van der Waals surface area contributed by atoms with E-state index in [4.69, 9.17) is 9.73 Å². The minimum Gasteiger partial charge on any atom is -0.378 e. The summed E-state index contributed by atoms with van der Waals surface area (Å²) in [6.07, 6.45) is 2.48. The van der Waals surface area contributed by atoms with Gasteiger partial charge in [-0.1, -0.05) is 42.5 Å². The predicted octanol–water partition coefficient (Wildman–Crippen LogP) is 3.31. The van der Waals surface area contributed by atoms with Crippen LogP contribution in [0.5, 0.6) is 0 Å². The van der Waals surface area contributed by atoms with E-state index in [0.29, 0.717) is 6.54 Å². The summed E-state index contributed by atoms with van der Waals surface area (Å²) in [5.74, 6) is 0.895. The van der Waals surface area contributed by atoms with E-state index >= 15 is 0 Å². The third kappa shape index (κ3) is 5.10. The van der Waals surface area contributed by atoms with Crippen LogP contribution in [0.1, 0.15) is 30.9 Å². The fraction of sp³-hybridized carbons (Fsp3) is 0.458. The van der Waals surface area contributed by atoms with Crippen LogP contribution in [0.2, 0.25) is 0 Å². The van der Waals surface area contributed by atoms with Gasteiger partial charge >= 0.3 is 0 Å². The van der Waals surface area contributed by atoms with E-state index in [2.05, 4.69) is 77.1 Å². The molecule has 154 valence electrons. The van der Waals surface area contributed by atoms with E-state index < -0.39 is 0 Å².